The lowest BCUT2D eigenvalue weighted by molar-refractivity contribution is -0.130. The number of amides is 1. The maximum Gasteiger partial charge on any atom is 0.227 e. The largest absolute Gasteiger partial charge is 0.380 e. The van der Waals surface area contributed by atoms with Gasteiger partial charge < -0.3 is 26.8 Å². The van der Waals surface area contributed by atoms with E-state index < -0.39 is 33.5 Å². The molecule has 0 spiro atoms. The molecule has 8 atom stereocenters. The van der Waals surface area contributed by atoms with Gasteiger partial charge in [0.1, 0.15) is 11.4 Å². The minimum Gasteiger partial charge on any atom is -0.380 e. The number of ether oxygens (including phenoxy) is 1. The van der Waals surface area contributed by atoms with E-state index in [0.717, 1.165) is 45.2 Å². The van der Waals surface area contributed by atoms with Crippen LogP contribution in [-0.2, 0) is 19.6 Å². The van der Waals surface area contributed by atoms with Crippen molar-refractivity contribution in [2.75, 3.05) is 65.6 Å². The Morgan fingerprint density at radius 1 is 1.20 bits per heavy atom. The standard InChI is InChI=1S/C28H50FN7O4S/c1-2-28-7-3-10-35(18-20(29)4-8-28)24(16-28)25(26(30)31)27(37)33-22-17-32-9-5-23(22)34-11-13-36(14-12-34)41(38,39)21-6-15-40-19-21/h4,8,20-26,32H,2-3,5-7,9-19,30-31H2,1H3,(H,33,37)/b8-4-. The Labute approximate surface area is 244 Å². The van der Waals surface area contributed by atoms with E-state index in [0.29, 0.717) is 45.8 Å². The van der Waals surface area contributed by atoms with E-state index in [1.165, 1.54) is 0 Å². The quantitative estimate of drug-likeness (QED) is 0.216. The number of allylic oxidation sites excluding steroid dienone is 1. The number of carbonyl (C=O) groups is 1. The molecule has 5 rings (SSSR count). The topological polar surface area (TPSA) is 146 Å². The number of carbonyl (C=O) groups excluding carboxylic acids is 1. The van der Waals surface area contributed by atoms with Crippen LogP contribution >= 0.6 is 0 Å². The number of alkyl halides is 1. The molecule has 4 saturated heterocycles. The van der Waals surface area contributed by atoms with E-state index in [9.17, 15) is 17.6 Å². The average Bonchev–Trinajstić information content (AvgIpc) is 3.47. The zero-order chi connectivity index (χ0) is 29.2. The van der Waals surface area contributed by atoms with Crippen LogP contribution in [0.5, 0.6) is 0 Å². The highest BCUT2D eigenvalue weighted by atomic mass is 32.2. The molecular weight excluding hydrogens is 549 g/mol. The monoisotopic (exact) mass is 599 g/mol. The lowest BCUT2D eigenvalue weighted by atomic mass is 9.72. The number of nitrogens with two attached hydrogens (primary N) is 2. The van der Waals surface area contributed by atoms with Crippen LogP contribution in [0.4, 0.5) is 4.39 Å². The molecule has 0 aromatic heterocycles. The number of nitrogens with one attached hydrogen (secondary N) is 2. The maximum atomic E-state index is 14.9. The van der Waals surface area contributed by atoms with Gasteiger partial charge in [0.25, 0.3) is 0 Å². The van der Waals surface area contributed by atoms with Crippen molar-refractivity contribution in [3.63, 3.8) is 0 Å². The van der Waals surface area contributed by atoms with E-state index in [2.05, 4.69) is 27.4 Å². The number of nitrogens with zero attached hydrogens (tertiary/aromatic N) is 3. The SMILES string of the molecule is CCC12/C=C\C(F)CN(CCC1)C(C(C(=O)NC1CNCCC1N1CCN(S(=O)(=O)C3CCOC3)CC1)C(N)N)C2. The van der Waals surface area contributed by atoms with Crippen LogP contribution in [0, 0.1) is 11.3 Å². The van der Waals surface area contributed by atoms with Crippen molar-refractivity contribution < 1.29 is 22.3 Å². The number of hydrogen-bond acceptors (Lipinski definition) is 9. The van der Waals surface area contributed by atoms with Crippen molar-refractivity contribution in [1.29, 1.82) is 0 Å². The molecule has 1 amide bonds. The molecule has 0 saturated carbocycles. The van der Waals surface area contributed by atoms with Crippen molar-refractivity contribution >= 4 is 15.9 Å². The number of fused-ring (bicyclic) bond motifs is 3. The number of hydrogen-bond donors (Lipinski definition) is 4. The van der Waals surface area contributed by atoms with E-state index >= 15 is 0 Å². The predicted octanol–water partition coefficient (Wildman–Crippen LogP) is -0.412. The smallest absolute Gasteiger partial charge is 0.227 e. The van der Waals surface area contributed by atoms with Crippen LogP contribution in [0.1, 0.15) is 45.4 Å². The molecule has 5 heterocycles. The van der Waals surface area contributed by atoms with Gasteiger partial charge in [0.2, 0.25) is 15.9 Å². The lowest BCUT2D eigenvalue weighted by Gasteiger charge is -2.45. The molecule has 0 aromatic carbocycles. The molecule has 5 aliphatic heterocycles. The van der Waals surface area contributed by atoms with Crippen molar-refractivity contribution in [1.82, 2.24) is 24.7 Å². The lowest BCUT2D eigenvalue weighted by Crippen LogP contribution is -2.66. The zero-order valence-electron chi connectivity index (χ0n) is 24.4. The highest BCUT2D eigenvalue weighted by molar-refractivity contribution is 7.89. The Bertz CT molecular complexity index is 1030. The first kappa shape index (κ1) is 31.2. The number of sulfonamides is 1. The van der Waals surface area contributed by atoms with E-state index in [4.69, 9.17) is 16.2 Å². The van der Waals surface area contributed by atoms with Crippen LogP contribution in [0.2, 0.25) is 0 Å². The summed E-state index contributed by atoms with van der Waals surface area (Å²) in [6.07, 6.45) is 6.67. The minimum atomic E-state index is -3.37. The van der Waals surface area contributed by atoms with E-state index in [-0.39, 0.29) is 42.6 Å². The third-order valence-corrected chi connectivity index (χ3v) is 12.6. The van der Waals surface area contributed by atoms with Gasteiger partial charge in [-0.25, -0.2) is 12.8 Å². The number of rotatable bonds is 8. The van der Waals surface area contributed by atoms with Gasteiger partial charge in [-0.05, 0) is 57.0 Å². The summed E-state index contributed by atoms with van der Waals surface area (Å²) in [5.74, 6) is -0.848. The van der Waals surface area contributed by atoms with Crippen LogP contribution < -0.4 is 22.1 Å². The summed E-state index contributed by atoms with van der Waals surface area (Å²) in [7, 11) is -3.37. The fourth-order valence-corrected chi connectivity index (χ4v) is 9.53. The highest BCUT2D eigenvalue weighted by Gasteiger charge is 2.45. The van der Waals surface area contributed by atoms with Gasteiger partial charge in [-0.1, -0.05) is 19.1 Å². The Morgan fingerprint density at radius 3 is 2.66 bits per heavy atom. The fourth-order valence-electron chi connectivity index (χ4n) is 7.77. The molecule has 5 aliphatic rings. The summed E-state index contributed by atoms with van der Waals surface area (Å²) in [6.45, 7) is 7.41. The minimum absolute atomic E-state index is 0.0755. The first-order chi connectivity index (χ1) is 19.6. The summed E-state index contributed by atoms with van der Waals surface area (Å²) in [5, 5.41) is 6.26. The molecule has 0 aliphatic carbocycles. The molecule has 41 heavy (non-hydrogen) atoms. The second kappa shape index (κ2) is 13.2. The third kappa shape index (κ3) is 6.82. The Morgan fingerprint density at radius 2 is 1.98 bits per heavy atom. The highest BCUT2D eigenvalue weighted by Crippen LogP contribution is 2.42. The zero-order valence-corrected chi connectivity index (χ0v) is 25.2. The molecule has 6 N–H and O–H groups in total. The van der Waals surface area contributed by atoms with E-state index in [1.54, 1.807) is 10.4 Å². The number of piperazine rings is 1. The Kier molecular flexibility index (Phi) is 10.1. The Balaban J connectivity index is 1.27. The number of halogens is 1. The molecule has 2 bridgehead atoms. The first-order valence-corrected chi connectivity index (χ1v) is 17.0. The normalized spacial score (nSPS) is 39.1. The summed E-state index contributed by atoms with van der Waals surface area (Å²) >= 11 is 0. The van der Waals surface area contributed by atoms with Gasteiger partial charge >= 0.3 is 0 Å². The van der Waals surface area contributed by atoms with Gasteiger partial charge in [-0.3, -0.25) is 14.6 Å². The van der Waals surface area contributed by atoms with Gasteiger partial charge in [-0.2, -0.15) is 4.31 Å². The van der Waals surface area contributed by atoms with Crippen LogP contribution in [0.25, 0.3) is 0 Å². The van der Waals surface area contributed by atoms with Gasteiger partial charge in [0.05, 0.1) is 24.7 Å². The maximum absolute atomic E-state index is 14.9. The molecule has 0 aromatic rings. The molecule has 13 heteroatoms. The van der Waals surface area contributed by atoms with Gasteiger partial charge in [0, 0.05) is 58.0 Å². The van der Waals surface area contributed by atoms with E-state index in [1.807, 2.05) is 6.08 Å². The molecule has 234 valence electrons. The molecule has 11 nitrogen and oxygen atoms in total. The molecule has 4 fully saturated rings. The molecular formula is C28H50FN7O4S. The number of piperidine rings is 1. The Hall–Kier alpha value is -1.19. The second-order valence-electron chi connectivity index (χ2n) is 12.7. The summed E-state index contributed by atoms with van der Waals surface area (Å²) in [6, 6.07) is -0.337. The first-order valence-electron chi connectivity index (χ1n) is 15.5. The van der Waals surface area contributed by atoms with Gasteiger partial charge in [-0.15, -0.1) is 0 Å². The fraction of sp³-hybridized carbons (Fsp3) is 0.893. The van der Waals surface area contributed by atoms with Crippen molar-refractivity contribution in [2.45, 2.75) is 81.2 Å². The van der Waals surface area contributed by atoms with Gasteiger partial charge in [0.15, 0.2) is 0 Å². The molecule has 0 radical (unpaired) electrons. The van der Waals surface area contributed by atoms with Crippen LogP contribution in [-0.4, -0.2) is 130 Å². The predicted molar refractivity (Wildman–Crippen MR) is 156 cm³/mol. The van der Waals surface area contributed by atoms with Crippen molar-refractivity contribution in [2.24, 2.45) is 22.8 Å². The summed E-state index contributed by atoms with van der Waals surface area (Å²) < 4.78 is 47.9. The molecule has 8 unspecified atom stereocenters. The summed E-state index contributed by atoms with van der Waals surface area (Å²) in [5.41, 5.74) is 12.5. The van der Waals surface area contributed by atoms with Crippen LogP contribution in [0.3, 0.4) is 0 Å². The van der Waals surface area contributed by atoms with Crippen LogP contribution in [0.15, 0.2) is 12.2 Å². The van der Waals surface area contributed by atoms with Crippen molar-refractivity contribution in [3.8, 4) is 0 Å². The average molecular weight is 600 g/mol. The third-order valence-electron chi connectivity index (χ3n) is 10.3. The summed E-state index contributed by atoms with van der Waals surface area (Å²) in [4.78, 5) is 18.4. The second-order valence-corrected chi connectivity index (χ2v) is 14.9. The van der Waals surface area contributed by atoms with Crippen molar-refractivity contribution in [3.05, 3.63) is 12.2 Å².